The molecule has 0 spiro atoms. The molecule has 86 valence electrons. The maximum atomic E-state index is 11.8. The van der Waals surface area contributed by atoms with Gasteiger partial charge in [0.05, 0.1) is 25.4 Å². The van der Waals surface area contributed by atoms with Crippen LogP contribution in [0.2, 0.25) is 0 Å². The van der Waals surface area contributed by atoms with Crippen LogP contribution < -0.4 is 0 Å². The first-order valence-corrected chi connectivity index (χ1v) is 5.45. The molecule has 0 aromatic carbocycles. The summed E-state index contributed by atoms with van der Waals surface area (Å²) < 4.78 is 5.37. The van der Waals surface area contributed by atoms with E-state index in [4.69, 9.17) is 9.84 Å². The van der Waals surface area contributed by atoms with Gasteiger partial charge in [0.2, 0.25) is 5.91 Å². The Hall–Kier alpha value is -0.650. The van der Waals surface area contributed by atoms with Gasteiger partial charge < -0.3 is 14.7 Å². The van der Waals surface area contributed by atoms with Gasteiger partial charge in [0.1, 0.15) is 0 Å². The van der Waals surface area contributed by atoms with Crippen molar-refractivity contribution >= 4 is 5.91 Å². The number of likely N-dealkylation sites (tertiary alicyclic amines) is 1. The van der Waals surface area contributed by atoms with E-state index in [2.05, 4.69) is 0 Å². The largest absolute Gasteiger partial charge is 0.390 e. The summed E-state index contributed by atoms with van der Waals surface area (Å²) in [5, 5.41) is 9.10. The number of amides is 1. The lowest BCUT2D eigenvalue weighted by Gasteiger charge is -2.38. The molecule has 0 aromatic heterocycles. The zero-order chi connectivity index (χ0) is 10.8. The Balaban J connectivity index is 1.75. The minimum Gasteiger partial charge on any atom is -0.390 e. The molecule has 0 aliphatic carbocycles. The van der Waals surface area contributed by atoms with Crippen molar-refractivity contribution in [3.63, 3.8) is 0 Å². The second-order valence-corrected chi connectivity index (χ2v) is 4.37. The van der Waals surface area contributed by atoms with Gasteiger partial charge in [0.15, 0.2) is 0 Å². The van der Waals surface area contributed by atoms with E-state index in [0.717, 1.165) is 0 Å². The first-order valence-electron chi connectivity index (χ1n) is 5.45. The van der Waals surface area contributed by atoms with Crippen molar-refractivity contribution in [2.24, 2.45) is 0 Å². The van der Waals surface area contributed by atoms with E-state index in [9.17, 15) is 4.79 Å². The van der Waals surface area contributed by atoms with Crippen molar-refractivity contribution in [3.8, 4) is 0 Å². The quantitative estimate of drug-likeness (QED) is 0.634. The highest BCUT2D eigenvalue weighted by Gasteiger charge is 2.29. The lowest BCUT2D eigenvalue weighted by molar-refractivity contribution is -0.141. The molecule has 0 saturated carbocycles. The number of aliphatic hydroxyl groups is 1. The third kappa shape index (κ3) is 2.68. The lowest BCUT2D eigenvalue weighted by atomic mass is 10.1. The predicted molar refractivity (Wildman–Crippen MR) is 54.4 cm³/mol. The van der Waals surface area contributed by atoms with Gasteiger partial charge in [-0.2, -0.15) is 0 Å². The molecule has 5 nitrogen and oxygen atoms in total. The van der Waals surface area contributed by atoms with Gasteiger partial charge in [-0.1, -0.05) is 0 Å². The van der Waals surface area contributed by atoms with Gasteiger partial charge >= 0.3 is 0 Å². The average molecular weight is 214 g/mol. The van der Waals surface area contributed by atoms with Gasteiger partial charge in [0, 0.05) is 26.2 Å². The number of rotatable bonds is 2. The van der Waals surface area contributed by atoms with Crippen molar-refractivity contribution in [3.05, 3.63) is 0 Å². The van der Waals surface area contributed by atoms with E-state index in [1.54, 1.807) is 0 Å². The molecule has 0 aromatic rings. The van der Waals surface area contributed by atoms with Gasteiger partial charge in [-0.15, -0.1) is 0 Å². The lowest BCUT2D eigenvalue weighted by Crippen LogP contribution is -2.56. The second-order valence-electron chi connectivity index (χ2n) is 4.37. The molecule has 2 aliphatic heterocycles. The molecule has 2 fully saturated rings. The van der Waals surface area contributed by atoms with E-state index < -0.39 is 0 Å². The van der Waals surface area contributed by atoms with Crippen molar-refractivity contribution in [1.82, 2.24) is 9.80 Å². The number of hydrogen-bond acceptors (Lipinski definition) is 4. The number of carbonyl (C=O) groups excluding carboxylic acids is 1. The molecule has 2 saturated heterocycles. The van der Waals surface area contributed by atoms with E-state index in [-0.39, 0.29) is 18.1 Å². The van der Waals surface area contributed by atoms with Gasteiger partial charge in [-0.3, -0.25) is 9.69 Å². The Kier molecular flexibility index (Phi) is 3.23. The number of aliphatic hydroxyl groups excluding tert-OH is 1. The van der Waals surface area contributed by atoms with Crippen LogP contribution in [0, 0.1) is 0 Å². The van der Waals surface area contributed by atoms with Crippen molar-refractivity contribution < 1.29 is 14.6 Å². The van der Waals surface area contributed by atoms with Crippen LogP contribution in [0.25, 0.3) is 0 Å². The van der Waals surface area contributed by atoms with Gasteiger partial charge in [0.25, 0.3) is 0 Å². The first-order chi connectivity index (χ1) is 7.15. The standard InChI is InChI=1S/C10H18N2O3/c1-8-4-12(2-3-15-8)10(14)7-11-5-9(13)6-11/h8-9,13H,2-7H2,1H3. The summed E-state index contributed by atoms with van der Waals surface area (Å²) in [6.07, 6.45) is -0.0916. The number of ether oxygens (including phenoxy) is 1. The summed E-state index contributed by atoms with van der Waals surface area (Å²) in [5.41, 5.74) is 0. The SMILES string of the molecule is CC1CN(C(=O)CN2CC(O)C2)CCO1. The van der Waals surface area contributed by atoms with Crippen LogP contribution in [-0.2, 0) is 9.53 Å². The monoisotopic (exact) mass is 214 g/mol. The number of carbonyl (C=O) groups is 1. The van der Waals surface area contributed by atoms with Crippen molar-refractivity contribution in [1.29, 1.82) is 0 Å². The van der Waals surface area contributed by atoms with E-state index in [1.807, 2.05) is 16.7 Å². The molecule has 1 N–H and O–H groups in total. The van der Waals surface area contributed by atoms with E-state index in [0.29, 0.717) is 39.3 Å². The maximum absolute atomic E-state index is 11.8. The number of morpholine rings is 1. The molecule has 0 radical (unpaired) electrons. The summed E-state index contributed by atoms with van der Waals surface area (Å²) in [6.45, 7) is 5.69. The Morgan fingerprint density at radius 1 is 1.47 bits per heavy atom. The summed E-state index contributed by atoms with van der Waals surface area (Å²) >= 11 is 0. The van der Waals surface area contributed by atoms with Crippen LogP contribution >= 0.6 is 0 Å². The zero-order valence-electron chi connectivity index (χ0n) is 9.06. The molecular formula is C10H18N2O3. The van der Waals surface area contributed by atoms with Crippen LogP contribution in [0.4, 0.5) is 0 Å². The van der Waals surface area contributed by atoms with Crippen molar-refractivity contribution in [2.45, 2.75) is 19.1 Å². The summed E-state index contributed by atoms with van der Waals surface area (Å²) in [4.78, 5) is 15.6. The number of β-amino-alcohol motifs (C(OH)–C–C–N with tert-alkyl or cyclic N) is 1. The molecular weight excluding hydrogens is 196 g/mol. The Morgan fingerprint density at radius 3 is 2.80 bits per heavy atom. The third-order valence-corrected chi connectivity index (χ3v) is 2.89. The predicted octanol–water partition coefficient (Wildman–Crippen LogP) is -1.09. The van der Waals surface area contributed by atoms with Gasteiger partial charge in [-0.25, -0.2) is 0 Å². The average Bonchev–Trinajstić information content (AvgIpc) is 2.15. The fourth-order valence-electron chi connectivity index (χ4n) is 2.01. The van der Waals surface area contributed by atoms with Crippen LogP contribution in [0.3, 0.4) is 0 Å². The Bertz CT molecular complexity index is 241. The highest BCUT2D eigenvalue weighted by molar-refractivity contribution is 5.78. The fraction of sp³-hybridized carbons (Fsp3) is 0.900. The van der Waals surface area contributed by atoms with Gasteiger partial charge in [-0.05, 0) is 6.92 Å². The van der Waals surface area contributed by atoms with Crippen LogP contribution in [-0.4, -0.2) is 72.4 Å². The molecule has 2 rings (SSSR count). The van der Waals surface area contributed by atoms with Crippen LogP contribution in [0.5, 0.6) is 0 Å². The third-order valence-electron chi connectivity index (χ3n) is 2.89. The topological polar surface area (TPSA) is 53.0 Å². The van der Waals surface area contributed by atoms with Crippen LogP contribution in [0.1, 0.15) is 6.92 Å². The normalized spacial score (nSPS) is 28.9. The highest BCUT2D eigenvalue weighted by Crippen LogP contribution is 2.09. The highest BCUT2D eigenvalue weighted by atomic mass is 16.5. The molecule has 1 atom stereocenters. The Morgan fingerprint density at radius 2 is 2.20 bits per heavy atom. The maximum Gasteiger partial charge on any atom is 0.236 e. The fourth-order valence-corrected chi connectivity index (χ4v) is 2.01. The zero-order valence-corrected chi connectivity index (χ0v) is 9.06. The van der Waals surface area contributed by atoms with E-state index in [1.165, 1.54) is 0 Å². The summed E-state index contributed by atoms with van der Waals surface area (Å²) in [6, 6.07) is 0. The summed E-state index contributed by atoms with van der Waals surface area (Å²) in [7, 11) is 0. The Labute approximate surface area is 89.6 Å². The molecule has 15 heavy (non-hydrogen) atoms. The molecule has 2 heterocycles. The minimum atomic E-state index is -0.235. The second kappa shape index (κ2) is 4.47. The smallest absolute Gasteiger partial charge is 0.236 e. The van der Waals surface area contributed by atoms with E-state index >= 15 is 0 Å². The molecule has 5 heteroatoms. The molecule has 2 aliphatic rings. The summed E-state index contributed by atoms with van der Waals surface area (Å²) in [5.74, 6) is 0.150. The molecule has 0 bridgehead atoms. The number of nitrogens with zero attached hydrogens (tertiary/aromatic N) is 2. The molecule has 1 unspecified atom stereocenters. The minimum absolute atomic E-state index is 0.143. The number of hydrogen-bond donors (Lipinski definition) is 1. The van der Waals surface area contributed by atoms with Crippen LogP contribution in [0.15, 0.2) is 0 Å². The molecule has 1 amide bonds. The van der Waals surface area contributed by atoms with Crippen molar-refractivity contribution in [2.75, 3.05) is 39.3 Å². The first kappa shape index (κ1) is 10.9.